The van der Waals surface area contributed by atoms with Gasteiger partial charge in [0.05, 0.1) is 0 Å². The molecule has 0 N–H and O–H groups in total. The van der Waals surface area contributed by atoms with Crippen molar-refractivity contribution in [2.24, 2.45) is 0 Å². The number of nitrogens with zero attached hydrogens (tertiary/aromatic N) is 2. The molecule has 2 aromatic rings. The summed E-state index contributed by atoms with van der Waals surface area (Å²) in [5.74, 6) is -1.12. The van der Waals surface area contributed by atoms with Gasteiger partial charge in [-0.2, -0.15) is 0 Å². The van der Waals surface area contributed by atoms with Gasteiger partial charge >= 0.3 is 187 Å². The molecule has 2 aliphatic rings. The van der Waals surface area contributed by atoms with Crippen molar-refractivity contribution in [3.8, 4) is 0 Å². The van der Waals surface area contributed by atoms with Crippen LogP contribution in [0.3, 0.4) is 0 Å². The maximum absolute atomic E-state index is 13.5. The van der Waals surface area contributed by atoms with Crippen LogP contribution in [0.15, 0.2) is 71.6 Å². The van der Waals surface area contributed by atoms with E-state index in [1.54, 1.807) is 0 Å². The van der Waals surface area contributed by atoms with Crippen LogP contribution in [-0.4, -0.2) is 61.0 Å². The average Bonchev–Trinajstić information content (AvgIpc) is 2.99. The molecule has 1 saturated heterocycles. The summed E-state index contributed by atoms with van der Waals surface area (Å²) >= 11 is 5.84. The minimum atomic E-state index is -3.36. The molecule has 162 valence electrons. The minimum absolute atomic E-state index is 0.258. The summed E-state index contributed by atoms with van der Waals surface area (Å²) in [5.41, 5.74) is 0.792. The molecule has 1 fully saturated rings. The van der Waals surface area contributed by atoms with E-state index < -0.39 is 24.4 Å². The molecule has 2 aliphatic heterocycles. The van der Waals surface area contributed by atoms with E-state index in [-0.39, 0.29) is 5.57 Å². The first-order chi connectivity index (χ1) is 14.7. The molecule has 0 bridgehead atoms. The number of carbonyl (C=O) groups is 2. The zero-order valence-electron chi connectivity index (χ0n) is 18.2. The van der Waals surface area contributed by atoms with Gasteiger partial charge in [-0.05, 0) is 0 Å². The second kappa shape index (κ2) is 6.87. The molecule has 0 aromatic heterocycles. The number of carbonyl (C=O) groups excluding carboxylic acids is 2. The number of rotatable bonds is 4. The van der Waals surface area contributed by atoms with Gasteiger partial charge in [0, 0.05) is 0 Å². The fraction of sp³-hybridized carbons (Fsp3) is 0.261. The number of hydrogen-bond donors (Lipinski definition) is 0. The Hall–Kier alpha value is -2.76. The molecule has 8 heteroatoms. The third kappa shape index (κ3) is 2.39. The van der Waals surface area contributed by atoms with Crippen LogP contribution in [0.1, 0.15) is 11.1 Å². The summed E-state index contributed by atoms with van der Waals surface area (Å²) in [6.07, 6.45) is 0. The molecular weight excluding hydrogens is 431 g/mol. The zero-order chi connectivity index (χ0) is 22.6. The van der Waals surface area contributed by atoms with Gasteiger partial charge in [-0.15, -0.1) is 0 Å². The van der Waals surface area contributed by atoms with Gasteiger partial charge in [-0.1, -0.05) is 0 Å². The van der Waals surface area contributed by atoms with E-state index >= 15 is 0 Å². The van der Waals surface area contributed by atoms with Crippen LogP contribution in [0.4, 0.5) is 0 Å². The molecule has 2 aromatic carbocycles. The summed E-state index contributed by atoms with van der Waals surface area (Å²) in [5, 5.41) is 0.903. The van der Waals surface area contributed by atoms with Crippen molar-refractivity contribution in [3.05, 3.63) is 82.7 Å². The van der Waals surface area contributed by atoms with Gasteiger partial charge in [-0.3, -0.25) is 0 Å². The van der Waals surface area contributed by atoms with Crippen molar-refractivity contribution in [2.45, 2.75) is 5.54 Å². The molecule has 6 nitrogen and oxygen atoms in total. The summed E-state index contributed by atoms with van der Waals surface area (Å²) in [6.45, 7) is 0.671. The first kappa shape index (κ1) is 21.5. The Morgan fingerprint density at radius 2 is 1.32 bits per heavy atom. The standard InChI is InChI=1S/C23H25N2O4PS/c1-24-22(31)25-23(16-12-8-6-9-13-16,17-14-10-7-11-15-17)18(20(26)28-2)19(21(27)29-3)30(24,25,4)5/h6-15H,1-5H3. The van der Waals surface area contributed by atoms with E-state index in [0.29, 0.717) is 10.4 Å². The quantitative estimate of drug-likeness (QED) is 0.395. The number of ether oxygens (including phenoxy) is 2. The number of methoxy groups -OCH3 is 2. The van der Waals surface area contributed by atoms with Crippen LogP contribution in [0.2, 0.25) is 0 Å². The van der Waals surface area contributed by atoms with Crippen molar-refractivity contribution < 1.29 is 19.1 Å². The molecule has 0 amide bonds. The number of esters is 2. The fourth-order valence-corrected chi connectivity index (χ4v) is 11.2. The number of fused-ring (bicyclic) bond motifs is 1. The summed E-state index contributed by atoms with van der Waals surface area (Å²) in [4.78, 5) is 26.8. The SMILES string of the molecule is COC(=O)C1=C(C(=O)OC)P2(C)(C)N(C)C(=S)N2C1(c1ccccc1)c1ccccc1. The molecule has 0 radical (unpaired) electrons. The average molecular weight is 457 g/mol. The van der Waals surface area contributed by atoms with Crippen LogP contribution >= 0.6 is 19.1 Å². The Kier molecular flexibility index (Phi) is 4.76. The summed E-state index contributed by atoms with van der Waals surface area (Å²) < 4.78 is 14.5. The normalized spacial score (nSPS) is 21.5. The van der Waals surface area contributed by atoms with Crippen molar-refractivity contribution in [1.82, 2.24) is 9.34 Å². The van der Waals surface area contributed by atoms with Gasteiger partial charge in [0.25, 0.3) is 0 Å². The van der Waals surface area contributed by atoms with E-state index in [1.807, 2.05) is 85.7 Å². The molecule has 0 atom stereocenters. The number of thiocarbonyl (C=S) groups is 1. The predicted molar refractivity (Wildman–Crippen MR) is 126 cm³/mol. The van der Waals surface area contributed by atoms with Crippen molar-refractivity contribution in [3.63, 3.8) is 0 Å². The van der Waals surface area contributed by atoms with Gasteiger partial charge in [-0.25, -0.2) is 0 Å². The molecule has 2 heterocycles. The third-order valence-corrected chi connectivity index (χ3v) is 12.7. The Labute approximate surface area is 187 Å². The Morgan fingerprint density at radius 1 is 0.871 bits per heavy atom. The second-order valence-corrected chi connectivity index (χ2v) is 14.0. The third-order valence-electron chi connectivity index (χ3n) is 6.65. The molecule has 0 saturated carbocycles. The fourth-order valence-electron chi connectivity index (χ4n) is 5.04. The first-order valence-corrected chi connectivity index (χ1v) is 13.2. The van der Waals surface area contributed by atoms with E-state index in [4.69, 9.17) is 21.7 Å². The Bertz CT molecular complexity index is 1090. The van der Waals surface area contributed by atoms with E-state index in [2.05, 4.69) is 4.67 Å². The van der Waals surface area contributed by atoms with Crippen LogP contribution in [0.25, 0.3) is 0 Å². The first-order valence-electron chi connectivity index (χ1n) is 9.79. The second-order valence-electron chi connectivity index (χ2n) is 8.25. The molecule has 31 heavy (non-hydrogen) atoms. The van der Waals surface area contributed by atoms with Gasteiger partial charge < -0.3 is 0 Å². The maximum atomic E-state index is 13.5. The van der Waals surface area contributed by atoms with Crippen molar-refractivity contribution >= 4 is 36.2 Å². The van der Waals surface area contributed by atoms with Crippen molar-refractivity contribution in [2.75, 3.05) is 34.6 Å². The van der Waals surface area contributed by atoms with Crippen LogP contribution < -0.4 is 0 Å². The topological polar surface area (TPSA) is 59.1 Å². The number of hydrogen-bond acceptors (Lipinski definition) is 5. The molecule has 4 rings (SSSR count). The monoisotopic (exact) mass is 456 g/mol. The Balaban J connectivity index is 2.26. The van der Waals surface area contributed by atoms with Crippen LogP contribution in [0.5, 0.6) is 0 Å². The van der Waals surface area contributed by atoms with Crippen LogP contribution in [-0.2, 0) is 24.6 Å². The van der Waals surface area contributed by atoms with Gasteiger partial charge in [0.2, 0.25) is 0 Å². The Morgan fingerprint density at radius 3 is 1.74 bits per heavy atom. The molecule has 0 unspecified atom stereocenters. The van der Waals surface area contributed by atoms with E-state index in [1.165, 1.54) is 14.2 Å². The summed E-state index contributed by atoms with van der Waals surface area (Å²) in [6, 6.07) is 19.3. The zero-order valence-corrected chi connectivity index (χ0v) is 19.9. The van der Waals surface area contributed by atoms with E-state index in [0.717, 1.165) is 11.1 Å². The molecule has 0 aliphatic carbocycles. The summed E-state index contributed by atoms with van der Waals surface area (Å²) in [7, 11) is 4.53. The number of benzene rings is 2. The molecular formula is C23H25N2O4PS. The van der Waals surface area contributed by atoms with Crippen molar-refractivity contribution in [1.29, 1.82) is 0 Å². The molecule has 0 spiro atoms. The van der Waals surface area contributed by atoms with Gasteiger partial charge in [0.15, 0.2) is 0 Å². The van der Waals surface area contributed by atoms with E-state index in [9.17, 15) is 9.59 Å². The van der Waals surface area contributed by atoms with Crippen LogP contribution in [0, 0.1) is 0 Å². The van der Waals surface area contributed by atoms with Gasteiger partial charge in [0.1, 0.15) is 0 Å². The predicted octanol–water partition coefficient (Wildman–Crippen LogP) is 3.72.